The van der Waals surface area contributed by atoms with E-state index in [9.17, 15) is 4.79 Å². The molecule has 0 heterocycles. The Morgan fingerprint density at radius 1 is 1.47 bits per heavy atom. The monoisotopic (exact) mass is 265 g/mol. The second-order valence-electron chi connectivity index (χ2n) is 4.49. The van der Waals surface area contributed by atoms with Gasteiger partial charge in [0.15, 0.2) is 0 Å². The molecule has 0 fully saturated rings. The topological polar surface area (TPSA) is 76.4 Å². The fraction of sp³-hybridized carbons (Fsp3) is 0.500. The summed E-state index contributed by atoms with van der Waals surface area (Å²) in [4.78, 5) is 12.0. The van der Waals surface area contributed by atoms with Crippen molar-refractivity contribution in [2.24, 2.45) is 0 Å². The van der Waals surface area contributed by atoms with Crippen LogP contribution in [0.5, 0.6) is 0 Å². The van der Waals surface area contributed by atoms with E-state index >= 15 is 0 Å². The molecule has 1 atom stereocenters. The molecule has 19 heavy (non-hydrogen) atoms. The van der Waals surface area contributed by atoms with Crippen LogP contribution in [-0.4, -0.2) is 32.2 Å². The molecule has 0 bridgehead atoms. The van der Waals surface area contributed by atoms with Gasteiger partial charge in [0.05, 0.1) is 5.56 Å². The molecule has 0 saturated heterocycles. The Morgan fingerprint density at radius 3 is 2.84 bits per heavy atom. The van der Waals surface area contributed by atoms with Crippen molar-refractivity contribution in [1.29, 1.82) is 0 Å². The van der Waals surface area contributed by atoms with Gasteiger partial charge in [-0.2, -0.15) is 0 Å². The Labute approximate surface area is 114 Å². The van der Waals surface area contributed by atoms with Gasteiger partial charge in [-0.3, -0.25) is 4.79 Å². The summed E-state index contributed by atoms with van der Waals surface area (Å²) in [5, 5.41) is 6.10. The van der Waals surface area contributed by atoms with Crippen LogP contribution in [-0.2, 0) is 4.74 Å². The maximum Gasteiger partial charge on any atom is 0.253 e. The zero-order chi connectivity index (χ0) is 14.3. The lowest BCUT2D eigenvalue weighted by atomic mass is 10.1. The first kappa shape index (κ1) is 15.3. The van der Waals surface area contributed by atoms with Crippen molar-refractivity contribution in [1.82, 2.24) is 5.32 Å². The minimum Gasteiger partial charge on any atom is -0.399 e. The molecule has 0 aliphatic carbocycles. The Hall–Kier alpha value is -1.75. The highest BCUT2D eigenvalue weighted by Gasteiger charge is 2.12. The lowest BCUT2D eigenvalue weighted by Gasteiger charge is -2.18. The first-order chi connectivity index (χ1) is 9.08. The second-order valence-corrected chi connectivity index (χ2v) is 4.49. The summed E-state index contributed by atoms with van der Waals surface area (Å²) in [6.07, 6.45) is 0.861. The molecule has 0 saturated carbocycles. The predicted octanol–water partition coefficient (Wildman–Crippen LogP) is 1.86. The molecule has 1 unspecified atom stereocenters. The van der Waals surface area contributed by atoms with Crippen LogP contribution in [0.15, 0.2) is 18.2 Å². The van der Waals surface area contributed by atoms with Gasteiger partial charge in [-0.1, -0.05) is 0 Å². The van der Waals surface area contributed by atoms with Gasteiger partial charge in [0.1, 0.15) is 0 Å². The summed E-state index contributed by atoms with van der Waals surface area (Å²) in [7, 11) is 1.67. The Balaban J connectivity index is 2.84. The van der Waals surface area contributed by atoms with E-state index in [4.69, 9.17) is 10.5 Å². The number of amides is 1. The number of rotatable bonds is 7. The molecule has 4 N–H and O–H groups in total. The smallest absolute Gasteiger partial charge is 0.253 e. The van der Waals surface area contributed by atoms with Gasteiger partial charge < -0.3 is 21.1 Å². The molecule has 5 nitrogen and oxygen atoms in total. The molecular weight excluding hydrogens is 242 g/mol. The van der Waals surface area contributed by atoms with Gasteiger partial charge in [0, 0.05) is 37.7 Å². The van der Waals surface area contributed by atoms with Crippen LogP contribution < -0.4 is 16.4 Å². The Morgan fingerprint density at radius 2 is 2.21 bits per heavy atom. The molecule has 1 aromatic rings. The standard InChI is InChI=1S/C14H23N3O2/c1-4-16-14(18)12-6-5-11(15)9-13(12)17-10(2)7-8-19-3/h5-6,9-10,17H,4,7-8,15H2,1-3H3,(H,16,18). The third-order valence-corrected chi connectivity index (χ3v) is 2.78. The number of nitrogens with two attached hydrogens (primary N) is 1. The fourth-order valence-electron chi connectivity index (χ4n) is 1.77. The molecule has 0 aliphatic heterocycles. The molecule has 5 heteroatoms. The minimum absolute atomic E-state index is 0.0936. The number of ether oxygens (including phenoxy) is 1. The first-order valence-electron chi connectivity index (χ1n) is 6.51. The van der Waals surface area contributed by atoms with Crippen molar-refractivity contribution in [2.45, 2.75) is 26.3 Å². The molecule has 106 valence electrons. The van der Waals surface area contributed by atoms with Crippen LogP contribution in [0.3, 0.4) is 0 Å². The lowest BCUT2D eigenvalue weighted by molar-refractivity contribution is 0.0956. The summed E-state index contributed by atoms with van der Waals surface area (Å²) in [5.41, 5.74) is 7.79. The molecule has 0 aromatic heterocycles. The average Bonchev–Trinajstić information content (AvgIpc) is 2.36. The van der Waals surface area contributed by atoms with E-state index in [0.717, 1.165) is 12.1 Å². The van der Waals surface area contributed by atoms with Crippen molar-refractivity contribution in [3.8, 4) is 0 Å². The summed E-state index contributed by atoms with van der Waals surface area (Å²) >= 11 is 0. The third-order valence-electron chi connectivity index (χ3n) is 2.78. The van der Waals surface area contributed by atoms with Crippen LogP contribution in [0.4, 0.5) is 11.4 Å². The van der Waals surface area contributed by atoms with Crippen LogP contribution in [0, 0.1) is 0 Å². The fourth-order valence-corrected chi connectivity index (χ4v) is 1.77. The van der Waals surface area contributed by atoms with Crippen LogP contribution in [0.25, 0.3) is 0 Å². The van der Waals surface area contributed by atoms with Gasteiger partial charge in [-0.05, 0) is 38.5 Å². The van der Waals surface area contributed by atoms with Gasteiger partial charge in [0.25, 0.3) is 5.91 Å². The zero-order valence-corrected chi connectivity index (χ0v) is 11.8. The van der Waals surface area contributed by atoms with E-state index in [-0.39, 0.29) is 11.9 Å². The lowest BCUT2D eigenvalue weighted by Crippen LogP contribution is -2.25. The average molecular weight is 265 g/mol. The number of nitrogens with one attached hydrogen (secondary N) is 2. The molecule has 1 aromatic carbocycles. The van der Waals surface area contributed by atoms with Gasteiger partial charge in [-0.25, -0.2) is 0 Å². The summed E-state index contributed by atoms with van der Waals surface area (Å²) in [5.74, 6) is -0.0936. The van der Waals surface area contributed by atoms with E-state index in [1.807, 2.05) is 13.8 Å². The van der Waals surface area contributed by atoms with E-state index < -0.39 is 0 Å². The van der Waals surface area contributed by atoms with Gasteiger partial charge in [-0.15, -0.1) is 0 Å². The maximum absolute atomic E-state index is 12.0. The number of hydrogen-bond donors (Lipinski definition) is 3. The SMILES string of the molecule is CCNC(=O)c1ccc(N)cc1NC(C)CCOC. The number of nitrogen functional groups attached to an aromatic ring is 1. The number of carbonyl (C=O) groups excluding carboxylic acids is 1. The number of methoxy groups -OCH3 is 1. The van der Waals surface area contributed by atoms with Crippen LogP contribution in [0.2, 0.25) is 0 Å². The Bertz CT molecular complexity index is 421. The highest BCUT2D eigenvalue weighted by molar-refractivity contribution is 6.00. The number of hydrogen-bond acceptors (Lipinski definition) is 4. The van der Waals surface area contributed by atoms with Crippen molar-refractivity contribution in [3.05, 3.63) is 23.8 Å². The number of carbonyl (C=O) groups is 1. The number of anilines is 2. The predicted molar refractivity (Wildman–Crippen MR) is 78.4 cm³/mol. The van der Waals surface area contributed by atoms with Crippen molar-refractivity contribution < 1.29 is 9.53 Å². The second kappa shape index (κ2) is 7.63. The van der Waals surface area contributed by atoms with Crippen molar-refractivity contribution in [2.75, 3.05) is 31.3 Å². The normalized spacial score (nSPS) is 11.9. The molecule has 0 spiro atoms. The summed E-state index contributed by atoms with van der Waals surface area (Å²) in [6, 6.07) is 5.46. The van der Waals surface area contributed by atoms with Gasteiger partial charge in [0.2, 0.25) is 0 Å². The molecule has 0 aliphatic rings. The van der Waals surface area contributed by atoms with E-state index in [2.05, 4.69) is 10.6 Å². The largest absolute Gasteiger partial charge is 0.399 e. The van der Waals surface area contributed by atoms with Crippen LogP contribution in [0.1, 0.15) is 30.6 Å². The maximum atomic E-state index is 12.0. The molecule has 0 radical (unpaired) electrons. The summed E-state index contributed by atoms with van der Waals surface area (Å²) < 4.78 is 5.05. The molecule has 1 amide bonds. The minimum atomic E-state index is -0.0936. The summed E-state index contributed by atoms with van der Waals surface area (Å²) in [6.45, 7) is 5.21. The van der Waals surface area contributed by atoms with E-state index in [1.54, 1.807) is 25.3 Å². The third kappa shape index (κ3) is 4.79. The van der Waals surface area contributed by atoms with Gasteiger partial charge >= 0.3 is 0 Å². The zero-order valence-electron chi connectivity index (χ0n) is 11.8. The van der Waals surface area contributed by atoms with E-state index in [1.165, 1.54) is 0 Å². The van der Waals surface area contributed by atoms with Crippen molar-refractivity contribution in [3.63, 3.8) is 0 Å². The highest BCUT2D eigenvalue weighted by atomic mass is 16.5. The van der Waals surface area contributed by atoms with Crippen molar-refractivity contribution >= 4 is 17.3 Å². The number of benzene rings is 1. The molecular formula is C14H23N3O2. The Kier molecular flexibility index (Phi) is 6.15. The quantitative estimate of drug-likeness (QED) is 0.658. The molecule has 1 rings (SSSR count). The van der Waals surface area contributed by atoms with E-state index in [0.29, 0.717) is 24.4 Å². The first-order valence-corrected chi connectivity index (χ1v) is 6.51. The van der Waals surface area contributed by atoms with Crippen LogP contribution >= 0.6 is 0 Å². The highest BCUT2D eigenvalue weighted by Crippen LogP contribution is 2.20.